The van der Waals surface area contributed by atoms with Crippen LogP contribution in [0.4, 0.5) is 5.69 Å². The Morgan fingerprint density at radius 1 is 1.73 bits per heavy atom. The van der Waals surface area contributed by atoms with Gasteiger partial charge < -0.3 is 10.4 Å². The lowest BCUT2D eigenvalue weighted by atomic mass is 10.3. The lowest BCUT2D eigenvalue weighted by Crippen LogP contribution is -2.19. The van der Waals surface area contributed by atoms with E-state index in [0.717, 1.165) is 5.69 Å². The van der Waals surface area contributed by atoms with Crippen molar-refractivity contribution >= 4 is 5.69 Å². The summed E-state index contributed by atoms with van der Waals surface area (Å²) in [5, 5.41) is 11.8. The van der Waals surface area contributed by atoms with Crippen LogP contribution in [-0.4, -0.2) is 22.7 Å². The quantitative estimate of drug-likeness (QED) is 0.675. The molecule has 0 aliphatic heterocycles. The summed E-state index contributed by atoms with van der Waals surface area (Å²) in [6, 6.07) is 3.85. The maximum Gasteiger partial charge on any atom is 0.0630 e. The summed E-state index contributed by atoms with van der Waals surface area (Å²) in [5.41, 5.74) is 0.939. The minimum Gasteiger partial charge on any atom is -0.394 e. The highest BCUT2D eigenvalue weighted by molar-refractivity contribution is 5.40. The molecule has 0 aromatic carbocycles. The second kappa shape index (κ2) is 3.93. The third-order valence-electron chi connectivity index (χ3n) is 1.35. The Morgan fingerprint density at radius 3 is 3.09 bits per heavy atom. The summed E-state index contributed by atoms with van der Waals surface area (Å²) >= 11 is 0. The van der Waals surface area contributed by atoms with Gasteiger partial charge in [-0.2, -0.15) is 0 Å². The average Bonchev–Trinajstić information content (AvgIpc) is 2.06. The van der Waals surface area contributed by atoms with Crippen molar-refractivity contribution in [2.45, 2.75) is 13.0 Å². The summed E-state index contributed by atoms with van der Waals surface area (Å²) in [6.07, 6.45) is 3.45. The Hall–Kier alpha value is -1.09. The minimum atomic E-state index is 0.0826. The van der Waals surface area contributed by atoms with Gasteiger partial charge in [-0.3, -0.25) is 4.98 Å². The first-order valence-corrected chi connectivity index (χ1v) is 3.60. The Labute approximate surface area is 66.1 Å². The molecule has 0 spiro atoms. The molecule has 3 nitrogen and oxygen atoms in total. The van der Waals surface area contributed by atoms with E-state index >= 15 is 0 Å². The van der Waals surface area contributed by atoms with Gasteiger partial charge in [-0.1, -0.05) is 0 Å². The molecule has 1 heterocycles. The van der Waals surface area contributed by atoms with E-state index in [2.05, 4.69) is 10.3 Å². The van der Waals surface area contributed by atoms with Crippen LogP contribution in [0.3, 0.4) is 0 Å². The SMILES string of the molecule is CC(CO)Nc1cccnc1. The molecule has 0 aliphatic carbocycles. The minimum absolute atomic E-state index is 0.0826. The Bertz CT molecular complexity index is 201. The highest BCUT2D eigenvalue weighted by atomic mass is 16.3. The van der Waals surface area contributed by atoms with Crippen LogP contribution >= 0.6 is 0 Å². The molecule has 0 saturated heterocycles. The highest BCUT2D eigenvalue weighted by Crippen LogP contribution is 2.03. The van der Waals surface area contributed by atoms with E-state index in [0.29, 0.717) is 0 Å². The van der Waals surface area contributed by atoms with Gasteiger partial charge in [0.05, 0.1) is 12.3 Å². The largest absolute Gasteiger partial charge is 0.394 e. The lowest BCUT2D eigenvalue weighted by molar-refractivity contribution is 0.281. The molecule has 1 atom stereocenters. The molecule has 1 aromatic heterocycles. The first-order chi connectivity index (χ1) is 5.33. The van der Waals surface area contributed by atoms with Gasteiger partial charge in [-0.25, -0.2) is 0 Å². The molecule has 1 aromatic rings. The van der Waals surface area contributed by atoms with Crippen LogP contribution in [-0.2, 0) is 0 Å². The van der Waals surface area contributed by atoms with Crippen molar-refractivity contribution in [2.24, 2.45) is 0 Å². The number of aliphatic hydroxyl groups is 1. The maximum absolute atomic E-state index is 8.71. The molecule has 0 saturated carbocycles. The summed E-state index contributed by atoms with van der Waals surface area (Å²) in [6.45, 7) is 2.04. The van der Waals surface area contributed by atoms with Gasteiger partial charge in [-0.05, 0) is 19.1 Å². The van der Waals surface area contributed by atoms with E-state index in [-0.39, 0.29) is 12.6 Å². The first kappa shape index (κ1) is 8.01. The summed E-state index contributed by atoms with van der Waals surface area (Å²) < 4.78 is 0. The number of hydrogen-bond acceptors (Lipinski definition) is 3. The highest BCUT2D eigenvalue weighted by Gasteiger charge is 1.97. The van der Waals surface area contributed by atoms with E-state index in [4.69, 9.17) is 5.11 Å². The van der Waals surface area contributed by atoms with Gasteiger partial charge >= 0.3 is 0 Å². The van der Waals surface area contributed by atoms with Crippen LogP contribution in [0.5, 0.6) is 0 Å². The van der Waals surface area contributed by atoms with Crippen molar-refractivity contribution < 1.29 is 5.11 Å². The van der Waals surface area contributed by atoms with E-state index in [1.807, 2.05) is 19.1 Å². The number of anilines is 1. The van der Waals surface area contributed by atoms with Crippen LogP contribution in [0.15, 0.2) is 24.5 Å². The fourth-order valence-corrected chi connectivity index (χ4v) is 0.778. The second-order valence-corrected chi connectivity index (χ2v) is 2.47. The predicted octanol–water partition coefficient (Wildman–Crippen LogP) is 0.874. The zero-order valence-corrected chi connectivity index (χ0v) is 6.49. The monoisotopic (exact) mass is 152 g/mol. The molecular weight excluding hydrogens is 140 g/mol. The molecule has 0 bridgehead atoms. The molecule has 0 amide bonds. The van der Waals surface area contributed by atoms with E-state index < -0.39 is 0 Å². The molecule has 11 heavy (non-hydrogen) atoms. The zero-order valence-electron chi connectivity index (χ0n) is 6.49. The molecule has 3 heteroatoms. The third kappa shape index (κ3) is 2.55. The molecular formula is C8H12N2O. The van der Waals surface area contributed by atoms with Crippen molar-refractivity contribution in [2.75, 3.05) is 11.9 Å². The molecule has 1 rings (SSSR count). The fraction of sp³-hybridized carbons (Fsp3) is 0.375. The first-order valence-electron chi connectivity index (χ1n) is 3.60. The van der Waals surface area contributed by atoms with Crippen molar-refractivity contribution in [3.05, 3.63) is 24.5 Å². The number of aliphatic hydroxyl groups excluding tert-OH is 1. The standard InChI is InChI=1S/C8H12N2O/c1-7(6-11)10-8-3-2-4-9-5-8/h2-5,7,10-11H,6H2,1H3. The van der Waals surface area contributed by atoms with Gasteiger partial charge in [0.2, 0.25) is 0 Å². The van der Waals surface area contributed by atoms with Crippen LogP contribution in [0.1, 0.15) is 6.92 Å². The van der Waals surface area contributed by atoms with Gasteiger partial charge in [0.25, 0.3) is 0 Å². The summed E-state index contributed by atoms with van der Waals surface area (Å²) in [7, 11) is 0. The number of hydrogen-bond donors (Lipinski definition) is 2. The van der Waals surface area contributed by atoms with Crippen LogP contribution in [0.25, 0.3) is 0 Å². The number of nitrogens with zero attached hydrogens (tertiary/aromatic N) is 1. The van der Waals surface area contributed by atoms with Crippen molar-refractivity contribution in [3.63, 3.8) is 0 Å². The molecule has 0 radical (unpaired) electrons. The number of aromatic nitrogens is 1. The van der Waals surface area contributed by atoms with Crippen LogP contribution < -0.4 is 5.32 Å². The molecule has 2 N–H and O–H groups in total. The second-order valence-electron chi connectivity index (χ2n) is 2.47. The predicted molar refractivity (Wildman–Crippen MR) is 44.4 cm³/mol. The Balaban J connectivity index is 2.51. The number of pyridine rings is 1. The smallest absolute Gasteiger partial charge is 0.0630 e. The van der Waals surface area contributed by atoms with Crippen LogP contribution in [0, 0.1) is 0 Å². The lowest BCUT2D eigenvalue weighted by Gasteiger charge is -2.10. The third-order valence-corrected chi connectivity index (χ3v) is 1.35. The topological polar surface area (TPSA) is 45.1 Å². The summed E-state index contributed by atoms with van der Waals surface area (Å²) in [5.74, 6) is 0. The Kier molecular flexibility index (Phi) is 2.86. The fourth-order valence-electron chi connectivity index (χ4n) is 0.778. The van der Waals surface area contributed by atoms with Gasteiger partial charge in [0, 0.05) is 18.4 Å². The van der Waals surface area contributed by atoms with Gasteiger partial charge in [-0.15, -0.1) is 0 Å². The molecule has 0 aliphatic rings. The average molecular weight is 152 g/mol. The van der Waals surface area contributed by atoms with Gasteiger partial charge in [0.1, 0.15) is 0 Å². The Morgan fingerprint density at radius 2 is 2.55 bits per heavy atom. The van der Waals surface area contributed by atoms with Crippen molar-refractivity contribution in [3.8, 4) is 0 Å². The molecule has 60 valence electrons. The maximum atomic E-state index is 8.71. The number of rotatable bonds is 3. The van der Waals surface area contributed by atoms with Crippen molar-refractivity contribution in [1.82, 2.24) is 4.98 Å². The normalized spacial score (nSPS) is 12.5. The number of nitrogens with one attached hydrogen (secondary N) is 1. The van der Waals surface area contributed by atoms with E-state index in [1.54, 1.807) is 12.4 Å². The van der Waals surface area contributed by atoms with Crippen molar-refractivity contribution in [1.29, 1.82) is 0 Å². The summed E-state index contributed by atoms with van der Waals surface area (Å²) in [4.78, 5) is 3.93. The van der Waals surface area contributed by atoms with E-state index in [1.165, 1.54) is 0 Å². The molecule has 0 fully saturated rings. The van der Waals surface area contributed by atoms with E-state index in [9.17, 15) is 0 Å². The zero-order chi connectivity index (χ0) is 8.10. The van der Waals surface area contributed by atoms with Crippen LogP contribution in [0.2, 0.25) is 0 Å². The van der Waals surface area contributed by atoms with Gasteiger partial charge in [0.15, 0.2) is 0 Å². The molecule has 1 unspecified atom stereocenters.